The third-order valence-corrected chi connectivity index (χ3v) is 5.35. The smallest absolute Gasteiger partial charge is 0.191 e. The second kappa shape index (κ2) is 10.5. The molecule has 1 atom stereocenters. The molecule has 0 aromatic heterocycles. The topological polar surface area (TPSA) is 48.9 Å². The zero-order chi connectivity index (χ0) is 17.5. The van der Waals surface area contributed by atoms with Gasteiger partial charge in [0.2, 0.25) is 0 Å². The second-order valence-corrected chi connectivity index (χ2v) is 7.47. The molecule has 0 bridgehead atoms. The lowest BCUT2D eigenvalue weighted by Gasteiger charge is -2.29. The van der Waals surface area contributed by atoms with Crippen LogP contribution in [0.1, 0.15) is 25.3 Å². The Morgan fingerprint density at radius 3 is 2.50 bits per heavy atom. The van der Waals surface area contributed by atoms with E-state index in [-0.39, 0.29) is 24.0 Å². The maximum Gasteiger partial charge on any atom is 0.191 e. The van der Waals surface area contributed by atoms with Crippen molar-refractivity contribution < 1.29 is 4.74 Å². The van der Waals surface area contributed by atoms with E-state index in [0.717, 1.165) is 51.9 Å². The molecule has 146 valence electrons. The minimum Gasteiger partial charge on any atom is -0.379 e. The van der Waals surface area contributed by atoms with Gasteiger partial charge in [0.15, 0.2) is 5.96 Å². The molecule has 1 unspecified atom stereocenters. The molecule has 1 aromatic rings. The van der Waals surface area contributed by atoms with Crippen molar-refractivity contribution in [3.63, 3.8) is 0 Å². The number of nitrogens with one attached hydrogen (secondary N) is 2. The highest BCUT2D eigenvalue weighted by atomic mass is 127. The molecular weight excluding hydrogens is 439 g/mol. The van der Waals surface area contributed by atoms with Crippen LogP contribution in [0.3, 0.4) is 0 Å². The van der Waals surface area contributed by atoms with Crippen molar-refractivity contribution in [3.05, 3.63) is 35.9 Å². The first-order valence-corrected chi connectivity index (χ1v) is 9.52. The molecule has 2 fully saturated rings. The van der Waals surface area contributed by atoms with Crippen molar-refractivity contribution in [1.29, 1.82) is 0 Å². The highest BCUT2D eigenvalue weighted by molar-refractivity contribution is 14.0. The fraction of sp³-hybridized carbons (Fsp3) is 0.650. The molecule has 0 radical (unpaired) electrons. The van der Waals surface area contributed by atoms with Crippen molar-refractivity contribution in [2.75, 3.05) is 53.0 Å². The summed E-state index contributed by atoms with van der Waals surface area (Å²) in [5.41, 5.74) is 1.75. The lowest BCUT2D eigenvalue weighted by Crippen LogP contribution is -2.45. The van der Waals surface area contributed by atoms with Gasteiger partial charge in [-0.2, -0.15) is 0 Å². The van der Waals surface area contributed by atoms with Crippen LogP contribution in [-0.2, 0) is 10.2 Å². The molecule has 0 spiro atoms. The molecule has 26 heavy (non-hydrogen) atoms. The van der Waals surface area contributed by atoms with Gasteiger partial charge in [-0.25, -0.2) is 0 Å². The lowest BCUT2D eigenvalue weighted by atomic mass is 9.96. The fourth-order valence-corrected chi connectivity index (χ4v) is 3.54. The molecule has 3 rings (SSSR count). The van der Waals surface area contributed by atoms with Gasteiger partial charge in [-0.3, -0.25) is 9.89 Å². The van der Waals surface area contributed by atoms with Crippen LogP contribution in [0.25, 0.3) is 0 Å². The van der Waals surface area contributed by atoms with Gasteiger partial charge >= 0.3 is 0 Å². The Morgan fingerprint density at radius 2 is 1.88 bits per heavy atom. The first-order chi connectivity index (χ1) is 12.2. The molecule has 2 aliphatic rings. The Kier molecular flexibility index (Phi) is 8.63. The first-order valence-electron chi connectivity index (χ1n) is 9.52. The molecular formula is C20H33IN4O. The minimum atomic E-state index is 0. The Labute approximate surface area is 175 Å². The third-order valence-electron chi connectivity index (χ3n) is 5.35. The summed E-state index contributed by atoms with van der Waals surface area (Å²) in [7, 11) is 1.85. The zero-order valence-electron chi connectivity index (χ0n) is 16.0. The van der Waals surface area contributed by atoms with Crippen molar-refractivity contribution in [3.8, 4) is 0 Å². The summed E-state index contributed by atoms with van der Waals surface area (Å²) >= 11 is 0. The van der Waals surface area contributed by atoms with Crippen LogP contribution in [0.15, 0.2) is 35.3 Å². The van der Waals surface area contributed by atoms with Gasteiger partial charge in [0, 0.05) is 45.2 Å². The van der Waals surface area contributed by atoms with E-state index in [9.17, 15) is 0 Å². The zero-order valence-corrected chi connectivity index (χ0v) is 18.4. The Bertz CT molecular complexity index is 556. The molecule has 1 saturated heterocycles. The van der Waals surface area contributed by atoms with E-state index >= 15 is 0 Å². The monoisotopic (exact) mass is 472 g/mol. The summed E-state index contributed by atoms with van der Waals surface area (Å²) in [6.45, 7) is 9.14. The molecule has 1 aliphatic heterocycles. The van der Waals surface area contributed by atoms with Gasteiger partial charge in [-0.05, 0) is 24.3 Å². The molecule has 1 saturated carbocycles. The number of hydrogen-bond donors (Lipinski definition) is 2. The van der Waals surface area contributed by atoms with E-state index in [1.165, 1.54) is 18.4 Å². The molecule has 1 aromatic carbocycles. The molecule has 6 heteroatoms. The number of ether oxygens (including phenoxy) is 1. The van der Waals surface area contributed by atoms with Gasteiger partial charge in [-0.15, -0.1) is 24.0 Å². The third kappa shape index (κ3) is 6.09. The Hall–Kier alpha value is -0.860. The van der Waals surface area contributed by atoms with Crippen molar-refractivity contribution in [2.24, 2.45) is 10.9 Å². The number of rotatable bonds is 7. The van der Waals surface area contributed by atoms with E-state index < -0.39 is 0 Å². The number of hydrogen-bond acceptors (Lipinski definition) is 3. The summed E-state index contributed by atoms with van der Waals surface area (Å²) in [5.74, 6) is 1.50. The molecule has 5 nitrogen and oxygen atoms in total. The van der Waals surface area contributed by atoms with E-state index in [4.69, 9.17) is 4.74 Å². The lowest BCUT2D eigenvalue weighted by molar-refractivity contribution is 0.0320. The van der Waals surface area contributed by atoms with Gasteiger partial charge in [0.1, 0.15) is 0 Å². The van der Waals surface area contributed by atoms with E-state index in [1.807, 2.05) is 7.05 Å². The van der Waals surface area contributed by atoms with Gasteiger partial charge in [-0.1, -0.05) is 37.3 Å². The van der Waals surface area contributed by atoms with Crippen molar-refractivity contribution in [2.45, 2.75) is 25.2 Å². The Morgan fingerprint density at radius 1 is 1.19 bits per heavy atom. The van der Waals surface area contributed by atoms with E-state index in [2.05, 4.69) is 57.8 Å². The van der Waals surface area contributed by atoms with Gasteiger partial charge in [0.25, 0.3) is 0 Å². The molecule has 1 aliphatic carbocycles. The first kappa shape index (κ1) is 21.4. The van der Waals surface area contributed by atoms with Crippen LogP contribution >= 0.6 is 24.0 Å². The number of guanidine groups is 1. The van der Waals surface area contributed by atoms with E-state index in [0.29, 0.717) is 11.3 Å². The summed E-state index contributed by atoms with van der Waals surface area (Å²) < 4.78 is 5.42. The maximum absolute atomic E-state index is 5.42. The average molecular weight is 472 g/mol. The quantitative estimate of drug-likeness (QED) is 0.364. The largest absolute Gasteiger partial charge is 0.379 e. The van der Waals surface area contributed by atoms with Crippen LogP contribution in [0, 0.1) is 5.92 Å². The normalized spacial score (nSPS) is 20.8. The number of morpholine rings is 1. The van der Waals surface area contributed by atoms with Crippen LogP contribution < -0.4 is 10.6 Å². The number of halogens is 1. The predicted octanol–water partition coefficient (Wildman–Crippen LogP) is 2.47. The molecule has 2 N–H and O–H groups in total. The Balaban J connectivity index is 0.00000243. The fourth-order valence-electron chi connectivity index (χ4n) is 3.54. The second-order valence-electron chi connectivity index (χ2n) is 7.47. The van der Waals surface area contributed by atoms with Crippen LogP contribution in [0.2, 0.25) is 0 Å². The van der Waals surface area contributed by atoms with Crippen LogP contribution in [0.4, 0.5) is 0 Å². The summed E-state index contributed by atoms with van der Waals surface area (Å²) in [5, 5.41) is 7.03. The van der Waals surface area contributed by atoms with E-state index in [1.54, 1.807) is 0 Å². The highest BCUT2D eigenvalue weighted by Crippen LogP contribution is 2.47. The van der Waals surface area contributed by atoms with Crippen LogP contribution in [-0.4, -0.2) is 63.8 Å². The summed E-state index contributed by atoms with van der Waals surface area (Å²) in [4.78, 5) is 6.88. The van der Waals surface area contributed by atoms with Crippen molar-refractivity contribution in [1.82, 2.24) is 15.5 Å². The number of benzene rings is 1. The number of nitrogens with zero attached hydrogens (tertiary/aromatic N) is 2. The standard InChI is InChI=1S/C20H32N4O.HI/c1-17(15-24-10-12-25-13-11-24)14-22-19(21-2)23-16-20(8-9-20)18-6-4-3-5-7-18;/h3-7,17H,8-16H2,1-2H3,(H2,21,22,23);1H. The maximum atomic E-state index is 5.42. The summed E-state index contributed by atoms with van der Waals surface area (Å²) in [6, 6.07) is 10.8. The van der Waals surface area contributed by atoms with Gasteiger partial charge < -0.3 is 15.4 Å². The molecule has 1 heterocycles. The number of aliphatic imine (C=N–C) groups is 1. The minimum absolute atomic E-state index is 0. The average Bonchev–Trinajstić information content (AvgIpc) is 3.45. The molecule has 0 amide bonds. The summed E-state index contributed by atoms with van der Waals surface area (Å²) in [6.07, 6.45) is 2.52. The van der Waals surface area contributed by atoms with Gasteiger partial charge in [0.05, 0.1) is 13.2 Å². The SMILES string of the molecule is CN=C(NCC(C)CN1CCOCC1)NCC1(c2ccccc2)CC1.I. The van der Waals surface area contributed by atoms with Crippen molar-refractivity contribution >= 4 is 29.9 Å². The van der Waals surface area contributed by atoms with Crippen LogP contribution in [0.5, 0.6) is 0 Å². The predicted molar refractivity (Wildman–Crippen MR) is 119 cm³/mol. The highest BCUT2D eigenvalue weighted by Gasteiger charge is 2.43.